The van der Waals surface area contributed by atoms with Crippen LogP contribution in [0.4, 0.5) is 0 Å². The third-order valence-corrected chi connectivity index (χ3v) is 5.33. The van der Waals surface area contributed by atoms with Crippen molar-refractivity contribution in [2.24, 2.45) is 11.7 Å². The first-order valence-corrected chi connectivity index (χ1v) is 8.29. The molecule has 1 aliphatic carbocycles. The predicted molar refractivity (Wildman–Crippen MR) is 83.5 cm³/mol. The number of amides is 1. The third-order valence-electron chi connectivity index (χ3n) is 4.15. The number of halogens is 2. The van der Waals surface area contributed by atoms with E-state index in [2.05, 4.69) is 37.2 Å². The van der Waals surface area contributed by atoms with Gasteiger partial charge in [0.2, 0.25) is 0 Å². The van der Waals surface area contributed by atoms with E-state index in [1.165, 1.54) is 0 Å². The number of rotatable bonds is 2. The van der Waals surface area contributed by atoms with E-state index in [0.717, 1.165) is 28.4 Å². The third kappa shape index (κ3) is 2.54. The number of carbonyl (C=O) groups is 1. The lowest BCUT2D eigenvalue weighted by atomic mass is 9.68. The van der Waals surface area contributed by atoms with Crippen molar-refractivity contribution in [3.05, 3.63) is 32.7 Å². The predicted octanol–water partition coefficient (Wildman–Crippen LogP) is 2.45. The summed E-state index contributed by atoms with van der Waals surface area (Å²) in [7, 11) is 0. The second-order valence-electron chi connectivity index (χ2n) is 5.34. The molecule has 4 unspecified atom stereocenters. The fourth-order valence-electron chi connectivity index (χ4n) is 3.03. The smallest absolute Gasteiger partial charge is 0.252 e. The van der Waals surface area contributed by atoms with Gasteiger partial charge in [0.15, 0.2) is 0 Å². The van der Waals surface area contributed by atoms with Gasteiger partial charge in [-0.05, 0) is 47.0 Å². The van der Waals surface area contributed by atoms with E-state index in [4.69, 9.17) is 10.5 Å². The maximum Gasteiger partial charge on any atom is 0.252 e. The fraction of sp³-hybridized carbons (Fsp3) is 0.500. The lowest BCUT2D eigenvalue weighted by Gasteiger charge is -2.52. The van der Waals surface area contributed by atoms with Crippen molar-refractivity contribution in [2.75, 3.05) is 6.61 Å². The summed E-state index contributed by atoms with van der Waals surface area (Å²) in [4.78, 5) is 12.4. The normalized spacial score (nSPS) is 32.1. The van der Waals surface area contributed by atoms with Crippen LogP contribution in [0.2, 0.25) is 0 Å². The van der Waals surface area contributed by atoms with Gasteiger partial charge in [0.1, 0.15) is 0 Å². The topological polar surface area (TPSA) is 64.3 Å². The summed E-state index contributed by atoms with van der Waals surface area (Å²) >= 11 is 6.78. The highest BCUT2D eigenvalue weighted by Gasteiger charge is 2.51. The zero-order chi connectivity index (χ0) is 14.3. The van der Waals surface area contributed by atoms with Crippen LogP contribution in [0, 0.1) is 5.92 Å². The highest BCUT2D eigenvalue weighted by molar-refractivity contribution is 9.11. The van der Waals surface area contributed by atoms with Gasteiger partial charge in [-0.2, -0.15) is 0 Å². The molecule has 2 aliphatic rings. The van der Waals surface area contributed by atoms with Crippen LogP contribution in [0.1, 0.15) is 23.2 Å². The Balaban J connectivity index is 1.71. The molecule has 4 nitrogen and oxygen atoms in total. The minimum absolute atomic E-state index is 0.00446. The lowest BCUT2D eigenvalue weighted by molar-refractivity contribution is -0.117. The van der Waals surface area contributed by atoms with Crippen molar-refractivity contribution in [1.29, 1.82) is 0 Å². The van der Waals surface area contributed by atoms with Crippen molar-refractivity contribution in [1.82, 2.24) is 5.32 Å². The quantitative estimate of drug-likeness (QED) is 0.797. The Labute approximate surface area is 134 Å². The molecular weight excluding hydrogens is 388 g/mol. The Morgan fingerprint density at radius 1 is 1.40 bits per heavy atom. The summed E-state index contributed by atoms with van der Waals surface area (Å²) in [6.07, 6.45) is 2.24. The number of fused-ring (bicyclic) bond motifs is 1. The van der Waals surface area contributed by atoms with Crippen molar-refractivity contribution in [2.45, 2.75) is 31.0 Å². The molecule has 1 aromatic rings. The molecule has 108 valence electrons. The van der Waals surface area contributed by atoms with Crippen LogP contribution in [0.25, 0.3) is 0 Å². The van der Waals surface area contributed by atoms with Crippen molar-refractivity contribution < 1.29 is 9.53 Å². The molecule has 1 aliphatic heterocycles. The Bertz CT molecular complexity index is 538. The molecule has 20 heavy (non-hydrogen) atoms. The van der Waals surface area contributed by atoms with E-state index in [1.807, 2.05) is 12.1 Å². The van der Waals surface area contributed by atoms with Crippen molar-refractivity contribution in [3.63, 3.8) is 0 Å². The van der Waals surface area contributed by atoms with Gasteiger partial charge in [-0.1, -0.05) is 15.9 Å². The van der Waals surface area contributed by atoms with Gasteiger partial charge in [0, 0.05) is 27.5 Å². The average molecular weight is 404 g/mol. The van der Waals surface area contributed by atoms with Crippen LogP contribution in [0.5, 0.6) is 0 Å². The van der Waals surface area contributed by atoms with Crippen LogP contribution in [0.15, 0.2) is 27.1 Å². The van der Waals surface area contributed by atoms with Gasteiger partial charge in [-0.25, -0.2) is 0 Å². The summed E-state index contributed by atoms with van der Waals surface area (Å²) in [5, 5.41) is 3.01. The summed E-state index contributed by atoms with van der Waals surface area (Å²) in [5.41, 5.74) is 6.76. The Hall–Kier alpha value is -0.430. The Morgan fingerprint density at radius 2 is 2.20 bits per heavy atom. The summed E-state index contributed by atoms with van der Waals surface area (Å²) in [5.74, 6) is 0.270. The van der Waals surface area contributed by atoms with Crippen molar-refractivity contribution >= 4 is 37.8 Å². The minimum atomic E-state index is -0.119. The number of hydrogen-bond acceptors (Lipinski definition) is 3. The first-order valence-electron chi connectivity index (χ1n) is 6.71. The number of hydrogen-bond donors (Lipinski definition) is 2. The molecule has 3 N–H and O–H groups in total. The first kappa shape index (κ1) is 14.5. The number of carbonyl (C=O) groups excluding carboxylic acids is 1. The fourth-order valence-corrected chi connectivity index (χ4v) is 3.81. The van der Waals surface area contributed by atoms with Crippen LogP contribution >= 0.6 is 31.9 Å². The van der Waals surface area contributed by atoms with Crippen molar-refractivity contribution in [3.8, 4) is 0 Å². The molecule has 1 heterocycles. The molecule has 0 aromatic heterocycles. The lowest BCUT2D eigenvalue weighted by Crippen LogP contribution is -2.72. The van der Waals surface area contributed by atoms with Gasteiger partial charge in [0.25, 0.3) is 5.91 Å². The van der Waals surface area contributed by atoms with Gasteiger partial charge in [-0.15, -0.1) is 0 Å². The second kappa shape index (κ2) is 5.75. The van der Waals surface area contributed by atoms with Crippen LogP contribution in [-0.4, -0.2) is 30.7 Å². The average Bonchev–Trinajstić information content (AvgIpc) is 2.46. The summed E-state index contributed by atoms with van der Waals surface area (Å²) in [6.45, 7) is 0.765. The number of nitrogens with two attached hydrogens (primary N) is 1. The Morgan fingerprint density at radius 3 is 3.00 bits per heavy atom. The second-order valence-corrected chi connectivity index (χ2v) is 7.11. The molecule has 4 atom stereocenters. The van der Waals surface area contributed by atoms with E-state index in [0.29, 0.717) is 11.5 Å². The van der Waals surface area contributed by atoms with Gasteiger partial charge in [0.05, 0.1) is 17.7 Å². The molecule has 1 saturated heterocycles. The standard InChI is InChI=1S/C14H16Br2N2O2/c15-7-3-4-10(16)9(6-7)14(19)18-12-11(17)8-2-1-5-20-13(8)12/h3-4,6,8,11-13H,1-2,5,17H2,(H,18,19). The van der Waals surface area contributed by atoms with E-state index in [1.54, 1.807) is 6.07 Å². The molecule has 3 rings (SSSR count). The molecule has 0 bridgehead atoms. The van der Waals surface area contributed by atoms with E-state index >= 15 is 0 Å². The molecule has 1 amide bonds. The maximum atomic E-state index is 12.4. The summed E-state index contributed by atoms with van der Waals surface area (Å²) < 4.78 is 7.38. The van der Waals surface area contributed by atoms with E-state index < -0.39 is 0 Å². The van der Waals surface area contributed by atoms with Crippen LogP contribution in [-0.2, 0) is 4.74 Å². The molecule has 1 saturated carbocycles. The van der Waals surface area contributed by atoms with E-state index in [9.17, 15) is 4.79 Å². The van der Waals surface area contributed by atoms with Gasteiger partial charge in [-0.3, -0.25) is 4.79 Å². The molecular formula is C14H16Br2N2O2. The maximum absolute atomic E-state index is 12.4. The number of benzene rings is 1. The first-order chi connectivity index (χ1) is 9.58. The minimum Gasteiger partial charge on any atom is -0.376 e. The summed E-state index contributed by atoms with van der Waals surface area (Å²) in [6, 6.07) is 5.44. The van der Waals surface area contributed by atoms with Gasteiger partial charge >= 0.3 is 0 Å². The molecule has 1 aromatic carbocycles. The monoisotopic (exact) mass is 402 g/mol. The largest absolute Gasteiger partial charge is 0.376 e. The molecule has 6 heteroatoms. The SMILES string of the molecule is NC1C2CCCOC2C1NC(=O)c1cc(Br)ccc1Br. The van der Waals surface area contributed by atoms with E-state index in [-0.39, 0.29) is 24.1 Å². The van der Waals surface area contributed by atoms with Crippen LogP contribution in [0.3, 0.4) is 0 Å². The highest BCUT2D eigenvalue weighted by Crippen LogP contribution is 2.37. The highest BCUT2D eigenvalue weighted by atomic mass is 79.9. The molecule has 0 radical (unpaired) electrons. The molecule has 2 fully saturated rings. The number of ether oxygens (including phenoxy) is 1. The zero-order valence-corrected chi connectivity index (χ0v) is 14.0. The molecule has 0 spiro atoms. The van der Waals surface area contributed by atoms with Crippen LogP contribution < -0.4 is 11.1 Å². The number of nitrogens with one attached hydrogen (secondary N) is 1. The zero-order valence-electron chi connectivity index (χ0n) is 10.8. The Kier molecular flexibility index (Phi) is 4.17. The van der Waals surface area contributed by atoms with Gasteiger partial charge < -0.3 is 15.8 Å².